The highest BCUT2D eigenvalue weighted by molar-refractivity contribution is 7.98. The average Bonchev–Trinajstić information content (AvgIpc) is 2.65. The number of nitrogens with zero attached hydrogens (tertiary/aromatic N) is 2. The van der Waals surface area contributed by atoms with E-state index in [9.17, 15) is 4.79 Å². The molecule has 0 amide bonds. The molecule has 0 atom stereocenters. The van der Waals surface area contributed by atoms with Gasteiger partial charge in [-0.05, 0) is 12.2 Å². The average molecular weight is 256 g/mol. The molecule has 0 saturated carbocycles. The van der Waals surface area contributed by atoms with E-state index >= 15 is 0 Å². The number of ketones is 1. The van der Waals surface area contributed by atoms with E-state index in [1.54, 1.807) is 11.8 Å². The highest BCUT2D eigenvalue weighted by Gasteiger charge is 2.23. The zero-order chi connectivity index (χ0) is 12.9. The van der Waals surface area contributed by atoms with Crippen LogP contribution in [-0.4, -0.2) is 21.7 Å². The SMILES string of the molecule is CCCSCc1noc(CC(=O)C(C)(C)C)n1. The molecule has 0 aliphatic carbocycles. The molecule has 0 radical (unpaired) electrons. The number of hydrogen-bond donors (Lipinski definition) is 0. The third-order valence-corrected chi connectivity index (χ3v) is 3.40. The molecule has 0 unspecified atom stereocenters. The van der Waals surface area contributed by atoms with E-state index in [0.717, 1.165) is 17.9 Å². The van der Waals surface area contributed by atoms with Gasteiger partial charge in [0.05, 0.1) is 12.2 Å². The van der Waals surface area contributed by atoms with E-state index in [1.165, 1.54) is 0 Å². The molecule has 0 bridgehead atoms. The minimum atomic E-state index is -0.356. The fraction of sp³-hybridized carbons (Fsp3) is 0.750. The Labute approximate surface area is 107 Å². The third-order valence-electron chi connectivity index (χ3n) is 2.24. The Morgan fingerprint density at radius 3 is 2.71 bits per heavy atom. The largest absolute Gasteiger partial charge is 0.339 e. The normalized spacial score (nSPS) is 11.8. The lowest BCUT2D eigenvalue weighted by atomic mass is 9.89. The van der Waals surface area contributed by atoms with Crippen LogP contribution in [0.25, 0.3) is 0 Å². The van der Waals surface area contributed by atoms with E-state index in [4.69, 9.17) is 4.52 Å². The van der Waals surface area contributed by atoms with Crippen LogP contribution in [0.15, 0.2) is 4.52 Å². The monoisotopic (exact) mass is 256 g/mol. The molecular formula is C12H20N2O2S. The van der Waals surface area contributed by atoms with Gasteiger partial charge in [-0.2, -0.15) is 16.7 Å². The molecule has 0 aliphatic heterocycles. The Kier molecular flexibility index (Phi) is 5.18. The van der Waals surface area contributed by atoms with Crippen molar-refractivity contribution in [2.75, 3.05) is 5.75 Å². The number of rotatable bonds is 6. The summed E-state index contributed by atoms with van der Waals surface area (Å²) in [6.07, 6.45) is 1.37. The predicted octanol–water partition coefficient (Wildman–Crippen LogP) is 2.87. The number of thioether (sulfide) groups is 1. The van der Waals surface area contributed by atoms with Crippen molar-refractivity contribution in [3.05, 3.63) is 11.7 Å². The third kappa shape index (κ3) is 4.89. The topological polar surface area (TPSA) is 56.0 Å². The Balaban J connectivity index is 2.48. The van der Waals surface area contributed by atoms with Crippen molar-refractivity contribution in [1.29, 1.82) is 0 Å². The molecule has 0 N–H and O–H groups in total. The van der Waals surface area contributed by atoms with E-state index in [1.807, 2.05) is 20.8 Å². The highest BCUT2D eigenvalue weighted by atomic mass is 32.2. The molecule has 1 heterocycles. The van der Waals surface area contributed by atoms with Crippen LogP contribution in [-0.2, 0) is 17.0 Å². The van der Waals surface area contributed by atoms with E-state index in [-0.39, 0.29) is 17.6 Å². The molecule has 0 saturated heterocycles. The van der Waals surface area contributed by atoms with E-state index in [0.29, 0.717) is 11.7 Å². The van der Waals surface area contributed by atoms with Crippen molar-refractivity contribution >= 4 is 17.5 Å². The maximum atomic E-state index is 11.8. The van der Waals surface area contributed by atoms with Crippen LogP contribution >= 0.6 is 11.8 Å². The number of carbonyl (C=O) groups excluding carboxylic acids is 1. The first-order valence-electron chi connectivity index (χ1n) is 5.86. The second-order valence-electron chi connectivity index (χ2n) is 5.01. The summed E-state index contributed by atoms with van der Waals surface area (Å²) < 4.78 is 5.07. The Morgan fingerprint density at radius 1 is 1.41 bits per heavy atom. The molecule has 0 spiro atoms. The van der Waals surface area contributed by atoms with Crippen LogP contribution in [0.2, 0.25) is 0 Å². The highest BCUT2D eigenvalue weighted by Crippen LogP contribution is 2.17. The summed E-state index contributed by atoms with van der Waals surface area (Å²) in [5, 5.41) is 3.86. The summed E-state index contributed by atoms with van der Waals surface area (Å²) in [6.45, 7) is 7.81. The van der Waals surface area contributed by atoms with Gasteiger partial charge in [0.2, 0.25) is 5.89 Å². The van der Waals surface area contributed by atoms with Crippen LogP contribution in [0.1, 0.15) is 45.8 Å². The molecule has 1 aromatic rings. The Hall–Kier alpha value is -0.840. The van der Waals surface area contributed by atoms with Gasteiger partial charge in [0.25, 0.3) is 0 Å². The summed E-state index contributed by atoms with van der Waals surface area (Å²) in [4.78, 5) is 16.0. The zero-order valence-corrected chi connectivity index (χ0v) is 11.8. The summed E-state index contributed by atoms with van der Waals surface area (Å²) in [7, 11) is 0. The molecule has 1 rings (SSSR count). The van der Waals surface area contributed by atoms with Crippen LogP contribution in [0.3, 0.4) is 0 Å². The Morgan fingerprint density at radius 2 is 2.12 bits per heavy atom. The summed E-state index contributed by atoms with van der Waals surface area (Å²) in [5.41, 5.74) is -0.356. The Bertz CT molecular complexity index is 369. The van der Waals surface area contributed by atoms with Crippen LogP contribution in [0.5, 0.6) is 0 Å². The maximum Gasteiger partial charge on any atom is 0.234 e. The van der Waals surface area contributed by atoms with Gasteiger partial charge in [0, 0.05) is 5.41 Å². The molecular weight excluding hydrogens is 236 g/mol. The van der Waals surface area contributed by atoms with Gasteiger partial charge in [-0.1, -0.05) is 32.9 Å². The smallest absolute Gasteiger partial charge is 0.234 e. The van der Waals surface area contributed by atoms with Gasteiger partial charge in [-0.25, -0.2) is 0 Å². The fourth-order valence-electron chi connectivity index (χ4n) is 1.13. The lowest BCUT2D eigenvalue weighted by molar-refractivity contribution is -0.125. The minimum Gasteiger partial charge on any atom is -0.339 e. The van der Waals surface area contributed by atoms with Crippen molar-refractivity contribution in [3.8, 4) is 0 Å². The zero-order valence-electron chi connectivity index (χ0n) is 10.9. The maximum absolute atomic E-state index is 11.8. The predicted molar refractivity (Wildman–Crippen MR) is 68.9 cm³/mol. The molecule has 4 nitrogen and oxygen atoms in total. The fourth-order valence-corrected chi connectivity index (χ4v) is 1.86. The van der Waals surface area contributed by atoms with Gasteiger partial charge in [-0.3, -0.25) is 4.79 Å². The van der Waals surface area contributed by atoms with E-state index < -0.39 is 0 Å². The molecule has 0 aromatic carbocycles. The van der Waals surface area contributed by atoms with E-state index in [2.05, 4.69) is 17.1 Å². The molecule has 0 fully saturated rings. The number of aromatic nitrogens is 2. The summed E-state index contributed by atoms with van der Waals surface area (Å²) in [6, 6.07) is 0. The van der Waals surface area contributed by atoms with Gasteiger partial charge >= 0.3 is 0 Å². The van der Waals surface area contributed by atoms with Gasteiger partial charge < -0.3 is 4.52 Å². The molecule has 17 heavy (non-hydrogen) atoms. The molecule has 5 heteroatoms. The van der Waals surface area contributed by atoms with Crippen molar-refractivity contribution in [2.45, 2.75) is 46.3 Å². The number of carbonyl (C=O) groups is 1. The summed E-state index contributed by atoms with van der Waals surface area (Å²) in [5.74, 6) is 3.07. The summed E-state index contributed by atoms with van der Waals surface area (Å²) >= 11 is 1.77. The number of Topliss-reactive ketones (excluding diaryl/α,β-unsaturated/α-hetero) is 1. The van der Waals surface area contributed by atoms with Gasteiger partial charge in [-0.15, -0.1) is 0 Å². The minimum absolute atomic E-state index is 0.119. The molecule has 1 aromatic heterocycles. The van der Waals surface area contributed by atoms with Crippen LogP contribution in [0, 0.1) is 5.41 Å². The first-order chi connectivity index (χ1) is 7.93. The first kappa shape index (κ1) is 14.2. The van der Waals surface area contributed by atoms with Gasteiger partial charge in [0.15, 0.2) is 5.82 Å². The van der Waals surface area contributed by atoms with Crippen molar-refractivity contribution in [2.24, 2.45) is 5.41 Å². The van der Waals surface area contributed by atoms with Gasteiger partial charge in [0.1, 0.15) is 5.78 Å². The second kappa shape index (κ2) is 6.19. The lowest BCUT2D eigenvalue weighted by Crippen LogP contribution is -2.22. The van der Waals surface area contributed by atoms with Crippen molar-refractivity contribution in [1.82, 2.24) is 10.1 Å². The second-order valence-corrected chi connectivity index (χ2v) is 6.11. The molecule has 0 aliphatic rings. The van der Waals surface area contributed by atoms with Crippen molar-refractivity contribution in [3.63, 3.8) is 0 Å². The van der Waals surface area contributed by atoms with Crippen molar-refractivity contribution < 1.29 is 9.32 Å². The van der Waals surface area contributed by atoms with Crippen LogP contribution < -0.4 is 0 Å². The lowest BCUT2D eigenvalue weighted by Gasteiger charge is -2.14. The number of hydrogen-bond acceptors (Lipinski definition) is 5. The standard InChI is InChI=1S/C12H20N2O2S/c1-5-6-17-8-10-13-11(16-14-10)7-9(15)12(2,3)4/h5-8H2,1-4H3. The quantitative estimate of drug-likeness (QED) is 0.732. The molecule has 96 valence electrons. The first-order valence-corrected chi connectivity index (χ1v) is 7.01. The van der Waals surface area contributed by atoms with Crippen LogP contribution in [0.4, 0.5) is 0 Å².